The van der Waals surface area contributed by atoms with E-state index in [1.54, 1.807) is 5.38 Å². The smallest absolute Gasteiger partial charge is 0.416 e. The van der Waals surface area contributed by atoms with Crippen LogP contribution in [-0.2, 0) is 6.18 Å². The van der Waals surface area contributed by atoms with Crippen molar-refractivity contribution in [3.05, 3.63) is 46.2 Å². The number of carbonyl (C=O) groups is 1. The zero-order valence-corrected chi connectivity index (χ0v) is 9.68. The van der Waals surface area contributed by atoms with E-state index in [4.69, 9.17) is 5.11 Å². The van der Waals surface area contributed by atoms with Gasteiger partial charge >= 0.3 is 12.1 Å². The molecule has 2 nitrogen and oxygen atoms in total. The Morgan fingerprint density at radius 1 is 1.11 bits per heavy atom. The lowest BCUT2D eigenvalue weighted by Crippen LogP contribution is -2.04. The molecule has 0 bridgehead atoms. The summed E-state index contributed by atoms with van der Waals surface area (Å²) >= 11 is 1.20. The van der Waals surface area contributed by atoms with E-state index in [9.17, 15) is 18.0 Å². The molecule has 0 aliphatic rings. The van der Waals surface area contributed by atoms with Gasteiger partial charge in [0.25, 0.3) is 0 Å². The van der Waals surface area contributed by atoms with Crippen molar-refractivity contribution in [1.82, 2.24) is 0 Å². The fourth-order valence-corrected chi connectivity index (χ4v) is 2.36. The van der Waals surface area contributed by atoms with E-state index in [1.807, 2.05) is 0 Å². The number of rotatable bonds is 2. The predicted molar refractivity (Wildman–Crippen MR) is 61.7 cm³/mol. The minimum atomic E-state index is -4.39. The summed E-state index contributed by atoms with van der Waals surface area (Å²) in [6.45, 7) is 0. The predicted octanol–water partition coefficient (Wildman–Crippen LogP) is 4.13. The number of alkyl halides is 3. The first-order valence-corrected chi connectivity index (χ1v) is 5.81. The van der Waals surface area contributed by atoms with Gasteiger partial charge in [-0.15, -0.1) is 0 Å². The number of carboxylic acids is 1. The molecule has 0 unspecified atom stereocenters. The van der Waals surface area contributed by atoms with Crippen LogP contribution in [0.3, 0.4) is 0 Å². The summed E-state index contributed by atoms with van der Waals surface area (Å²) in [6, 6.07) is 4.44. The van der Waals surface area contributed by atoms with Crippen LogP contribution in [0.4, 0.5) is 13.2 Å². The molecule has 0 fully saturated rings. The SMILES string of the molecule is O=C(O)c1cscc1-c1ccc(C(F)(F)F)cc1. The van der Waals surface area contributed by atoms with Gasteiger partial charge in [-0.1, -0.05) is 12.1 Å². The Bertz CT molecular complexity index is 570. The number of hydrogen-bond donors (Lipinski definition) is 1. The monoisotopic (exact) mass is 272 g/mol. The Labute approximate surface area is 104 Å². The zero-order chi connectivity index (χ0) is 13.3. The molecule has 2 rings (SSSR count). The Kier molecular flexibility index (Phi) is 3.13. The van der Waals surface area contributed by atoms with Crippen molar-refractivity contribution < 1.29 is 23.1 Å². The molecule has 0 spiro atoms. The third kappa shape index (κ3) is 2.38. The summed E-state index contributed by atoms with van der Waals surface area (Å²) in [7, 11) is 0. The third-order valence-corrected chi connectivity index (χ3v) is 3.16. The Morgan fingerprint density at radius 3 is 2.22 bits per heavy atom. The van der Waals surface area contributed by atoms with Gasteiger partial charge in [-0.3, -0.25) is 0 Å². The first kappa shape index (κ1) is 12.6. The normalized spacial score (nSPS) is 11.5. The molecule has 6 heteroatoms. The molecule has 1 N–H and O–H groups in total. The van der Waals surface area contributed by atoms with Crippen molar-refractivity contribution in [3.8, 4) is 11.1 Å². The molecule has 0 radical (unpaired) electrons. The summed E-state index contributed by atoms with van der Waals surface area (Å²) in [4.78, 5) is 10.9. The maximum atomic E-state index is 12.4. The molecule has 2 aromatic rings. The van der Waals surface area contributed by atoms with Crippen LogP contribution in [0.5, 0.6) is 0 Å². The van der Waals surface area contributed by atoms with Gasteiger partial charge in [0.1, 0.15) is 0 Å². The number of halogens is 3. The molecular weight excluding hydrogens is 265 g/mol. The summed E-state index contributed by atoms with van der Waals surface area (Å²) in [5, 5.41) is 12.0. The van der Waals surface area contributed by atoms with Gasteiger partial charge in [0, 0.05) is 10.9 Å². The highest BCUT2D eigenvalue weighted by Crippen LogP contribution is 2.32. The first-order chi connectivity index (χ1) is 8.39. The van der Waals surface area contributed by atoms with Gasteiger partial charge in [0.05, 0.1) is 11.1 Å². The van der Waals surface area contributed by atoms with E-state index >= 15 is 0 Å². The van der Waals surface area contributed by atoms with E-state index in [0.29, 0.717) is 11.1 Å². The fraction of sp³-hybridized carbons (Fsp3) is 0.0833. The zero-order valence-electron chi connectivity index (χ0n) is 8.86. The fourth-order valence-electron chi connectivity index (χ4n) is 1.52. The second-order valence-corrected chi connectivity index (χ2v) is 4.32. The number of hydrogen-bond acceptors (Lipinski definition) is 2. The maximum Gasteiger partial charge on any atom is 0.416 e. The van der Waals surface area contributed by atoms with Gasteiger partial charge in [-0.2, -0.15) is 24.5 Å². The van der Waals surface area contributed by atoms with Gasteiger partial charge in [0.15, 0.2) is 0 Å². The van der Waals surface area contributed by atoms with Crippen molar-refractivity contribution in [2.45, 2.75) is 6.18 Å². The topological polar surface area (TPSA) is 37.3 Å². The van der Waals surface area contributed by atoms with Crippen molar-refractivity contribution in [1.29, 1.82) is 0 Å². The molecular formula is C12H7F3O2S. The highest BCUT2D eigenvalue weighted by molar-refractivity contribution is 7.08. The Balaban J connectivity index is 2.41. The summed E-state index contributed by atoms with van der Waals surface area (Å²) in [5.41, 5.74) is 0.237. The van der Waals surface area contributed by atoms with Gasteiger partial charge in [0.2, 0.25) is 0 Å². The molecule has 0 amide bonds. The number of benzene rings is 1. The minimum Gasteiger partial charge on any atom is -0.478 e. The molecule has 0 saturated carbocycles. The van der Waals surface area contributed by atoms with E-state index in [0.717, 1.165) is 12.1 Å². The van der Waals surface area contributed by atoms with E-state index < -0.39 is 17.7 Å². The summed E-state index contributed by atoms with van der Waals surface area (Å²) < 4.78 is 37.1. The number of thiophene rings is 1. The van der Waals surface area contributed by atoms with E-state index in [-0.39, 0.29) is 5.56 Å². The van der Waals surface area contributed by atoms with Gasteiger partial charge < -0.3 is 5.11 Å². The van der Waals surface area contributed by atoms with Crippen LogP contribution in [0.1, 0.15) is 15.9 Å². The lowest BCUT2D eigenvalue weighted by Gasteiger charge is -2.07. The Morgan fingerprint density at radius 2 is 1.72 bits per heavy atom. The van der Waals surface area contributed by atoms with Gasteiger partial charge in [-0.05, 0) is 23.1 Å². The van der Waals surface area contributed by atoms with Crippen molar-refractivity contribution in [2.24, 2.45) is 0 Å². The largest absolute Gasteiger partial charge is 0.478 e. The molecule has 94 valence electrons. The molecule has 1 aromatic carbocycles. The first-order valence-electron chi connectivity index (χ1n) is 4.86. The Hall–Kier alpha value is -1.82. The van der Waals surface area contributed by atoms with Crippen LogP contribution in [0.15, 0.2) is 35.0 Å². The quantitative estimate of drug-likeness (QED) is 0.892. The molecule has 1 heterocycles. The van der Waals surface area contributed by atoms with Crippen LogP contribution in [0, 0.1) is 0 Å². The standard InChI is InChI=1S/C12H7F3O2S/c13-12(14,15)8-3-1-7(2-4-8)9-5-18-6-10(9)11(16)17/h1-6H,(H,16,17). The van der Waals surface area contributed by atoms with Gasteiger partial charge in [-0.25, -0.2) is 4.79 Å². The van der Waals surface area contributed by atoms with Crippen molar-refractivity contribution in [2.75, 3.05) is 0 Å². The third-order valence-electron chi connectivity index (χ3n) is 2.42. The highest BCUT2D eigenvalue weighted by atomic mass is 32.1. The van der Waals surface area contributed by atoms with Crippen molar-refractivity contribution in [3.63, 3.8) is 0 Å². The molecule has 18 heavy (non-hydrogen) atoms. The van der Waals surface area contributed by atoms with E-state index in [2.05, 4.69) is 0 Å². The summed E-state index contributed by atoms with van der Waals surface area (Å²) in [6.07, 6.45) is -4.39. The molecule has 0 saturated heterocycles. The molecule has 0 atom stereocenters. The average Bonchev–Trinajstić information content (AvgIpc) is 2.77. The second kappa shape index (κ2) is 4.45. The van der Waals surface area contributed by atoms with Crippen LogP contribution in [0.25, 0.3) is 11.1 Å². The lowest BCUT2D eigenvalue weighted by atomic mass is 10.0. The van der Waals surface area contributed by atoms with E-state index in [1.165, 1.54) is 28.8 Å². The molecule has 1 aromatic heterocycles. The van der Waals surface area contributed by atoms with Crippen LogP contribution < -0.4 is 0 Å². The highest BCUT2D eigenvalue weighted by Gasteiger charge is 2.30. The molecule has 0 aliphatic carbocycles. The number of aromatic carboxylic acids is 1. The van der Waals surface area contributed by atoms with Crippen LogP contribution in [0.2, 0.25) is 0 Å². The summed E-state index contributed by atoms with van der Waals surface area (Å²) in [5.74, 6) is -1.09. The maximum absolute atomic E-state index is 12.4. The molecule has 0 aliphatic heterocycles. The number of carboxylic acid groups (broad SMARTS) is 1. The van der Waals surface area contributed by atoms with Crippen molar-refractivity contribution >= 4 is 17.3 Å². The van der Waals surface area contributed by atoms with Crippen LogP contribution >= 0.6 is 11.3 Å². The lowest BCUT2D eigenvalue weighted by molar-refractivity contribution is -0.137. The van der Waals surface area contributed by atoms with Crippen LogP contribution in [-0.4, -0.2) is 11.1 Å². The second-order valence-electron chi connectivity index (χ2n) is 3.58. The minimum absolute atomic E-state index is 0.0970. The average molecular weight is 272 g/mol.